The Morgan fingerprint density at radius 1 is 0.947 bits per heavy atom. The molecular formula is C14H10F3NO. The minimum Gasteiger partial charge on any atom is -0.352 e. The number of halogens is 3. The first kappa shape index (κ1) is 13.1. The van der Waals surface area contributed by atoms with Crippen molar-refractivity contribution >= 4 is 17.2 Å². The molecule has 5 heteroatoms. The molecule has 0 bridgehead atoms. The van der Waals surface area contributed by atoms with E-state index in [-0.39, 0.29) is 11.5 Å². The number of hydrogen-bond donors (Lipinski definition) is 1. The maximum Gasteiger partial charge on any atom is 0.196 e. The minimum atomic E-state index is -1.55. The first-order valence-electron chi connectivity index (χ1n) is 5.51. The standard InChI is InChI=1S/C14H10F3NO/c1-8(19)9-4-2-3-5-11(9)18-12-7-6-10(15)13(16)14(12)17/h2-7,18H,1H3. The number of Topliss-reactive ketones (excluding diaryl/α,β-unsaturated/α-hetero) is 1. The van der Waals surface area contributed by atoms with Crippen molar-refractivity contribution in [3.8, 4) is 0 Å². The van der Waals surface area contributed by atoms with Crippen molar-refractivity contribution in [2.24, 2.45) is 0 Å². The summed E-state index contributed by atoms with van der Waals surface area (Å²) in [7, 11) is 0. The van der Waals surface area contributed by atoms with Gasteiger partial charge in [-0.1, -0.05) is 12.1 Å². The molecule has 2 aromatic carbocycles. The van der Waals surface area contributed by atoms with Crippen LogP contribution in [-0.2, 0) is 0 Å². The molecule has 0 aliphatic rings. The molecule has 0 saturated heterocycles. The number of carbonyl (C=O) groups is 1. The molecule has 2 rings (SSSR count). The summed E-state index contributed by atoms with van der Waals surface area (Å²) in [5.74, 6) is -4.35. The summed E-state index contributed by atoms with van der Waals surface area (Å²) in [6, 6.07) is 8.30. The lowest BCUT2D eigenvalue weighted by Gasteiger charge is -2.11. The van der Waals surface area contributed by atoms with Gasteiger partial charge >= 0.3 is 0 Å². The fourth-order valence-electron chi connectivity index (χ4n) is 1.67. The summed E-state index contributed by atoms with van der Waals surface area (Å²) >= 11 is 0. The van der Waals surface area contributed by atoms with Gasteiger partial charge < -0.3 is 5.32 Å². The number of carbonyl (C=O) groups excluding carboxylic acids is 1. The Labute approximate surface area is 107 Å². The molecule has 2 nitrogen and oxygen atoms in total. The lowest BCUT2D eigenvalue weighted by atomic mass is 10.1. The quantitative estimate of drug-likeness (QED) is 0.670. The molecule has 0 saturated carbocycles. The first-order chi connectivity index (χ1) is 9.00. The molecule has 98 valence electrons. The van der Waals surface area contributed by atoms with Crippen LogP contribution in [0.4, 0.5) is 24.5 Å². The average molecular weight is 265 g/mol. The third kappa shape index (κ3) is 2.59. The van der Waals surface area contributed by atoms with E-state index >= 15 is 0 Å². The normalized spacial score (nSPS) is 10.3. The molecule has 0 amide bonds. The third-order valence-electron chi connectivity index (χ3n) is 2.61. The Hall–Kier alpha value is -2.30. The zero-order chi connectivity index (χ0) is 14.0. The van der Waals surface area contributed by atoms with Crippen molar-refractivity contribution in [1.82, 2.24) is 0 Å². The van der Waals surface area contributed by atoms with E-state index in [0.717, 1.165) is 12.1 Å². The van der Waals surface area contributed by atoms with Crippen LogP contribution in [0.2, 0.25) is 0 Å². The molecule has 0 radical (unpaired) electrons. The van der Waals surface area contributed by atoms with Gasteiger partial charge in [0.05, 0.1) is 5.69 Å². The van der Waals surface area contributed by atoms with Crippen LogP contribution in [0.25, 0.3) is 0 Å². The summed E-state index contributed by atoms with van der Waals surface area (Å²) in [4.78, 5) is 11.4. The van der Waals surface area contributed by atoms with Crippen LogP contribution in [0.1, 0.15) is 17.3 Å². The van der Waals surface area contributed by atoms with Crippen molar-refractivity contribution in [2.45, 2.75) is 6.92 Å². The van der Waals surface area contributed by atoms with Gasteiger partial charge in [-0.25, -0.2) is 13.2 Å². The number of rotatable bonds is 3. The smallest absolute Gasteiger partial charge is 0.196 e. The Kier molecular flexibility index (Phi) is 3.55. The van der Waals surface area contributed by atoms with E-state index in [1.807, 2.05) is 0 Å². The van der Waals surface area contributed by atoms with Crippen molar-refractivity contribution in [3.05, 3.63) is 59.4 Å². The highest BCUT2D eigenvalue weighted by Gasteiger charge is 2.15. The molecule has 0 spiro atoms. The number of anilines is 2. The second-order valence-corrected chi connectivity index (χ2v) is 3.95. The van der Waals surface area contributed by atoms with Crippen LogP contribution in [-0.4, -0.2) is 5.78 Å². The highest BCUT2D eigenvalue weighted by atomic mass is 19.2. The van der Waals surface area contributed by atoms with Gasteiger partial charge in [0.2, 0.25) is 0 Å². The monoisotopic (exact) mass is 265 g/mol. The Morgan fingerprint density at radius 2 is 1.63 bits per heavy atom. The predicted molar refractivity (Wildman–Crippen MR) is 66.0 cm³/mol. The molecule has 0 aliphatic heterocycles. The summed E-state index contributed by atoms with van der Waals surface area (Å²) in [6.45, 7) is 1.36. The Morgan fingerprint density at radius 3 is 2.32 bits per heavy atom. The van der Waals surface area contributed by atoms with Gasteiger partial charge in [-0.3, -0.25) is 4.79 Å². The number of hydrogen-bond acceptors (Lipinski definition) is 2. The highest BCUT2D eigenvalue weighted by molar-refractivity contribution is 6.00. The lowest BCUT2D eigenvalue weighted by Crippen LogP contribution is -2.03. The van der Waals surface area contributed by atoms with Crippen LogP contribution in [0.5, 0.6) is 0 Å². The molecule has 0 aliphatic carbocycles. The topological polar surface area (TPSA) is 29.1 Å². The van der Waals surface area contributed by atoms with E-state index in [4.69, 9.17) is 0 Å². The molecule has 2 aromatic rings. The van der Waals surface area contributed by atoms with Gasteiger partial charge in [0.25, 0.3) is 0 Å². The van der Waals surface area contributed by atoms with Crippen LogP contribution in [0, 0.1) is 17.5 Å². The maximum absolute atomic E-state index is 13.5. The number of ketones is 1. The number of benzene rings is 2. The Bertz CT molecular complexity index is 641. The van der Waals surface area contributed by atoms with Gasteiger partial charge in [-0.15, -0.1) is 0 Å². The second kappa shape index (κ2) is 5.14. The van der Waals surface area contributed by atoms with Crippen LogP contribution in [0.3, 0.4) is 0 Å². The van der Waals surface area contributed by atoms with Crippen molar-refractivity contribution in [2.75, 3.05) is 5.32 Å². The number of para-hydroxylation sites is 1. The Balaban J connectivity index is 2.42. The predicted octanol–water partition coefficient (Wildman–Crippen LogP) is 4.05. The van der Waals surface area contributed by atoms with Gasteiger partial charge in [0, 0.05) is 11.3 Å². The molecule has 19 heavy (non-hydrogen) atoms. The SMILES string of the molecule is CC(=O)c1ccccc1Nc1ccc(F)c(F)c1F. The molecular weight excluding hydrogens is 255 g/mol. The molecule has 0 fully saturated rings. The van der Waals surface area contributed by atoms with E-state index in [9.17, 15) is 18.0 Å². The van der Waals surface area contributed by atoms with Crippen LogP contribution in [0.15, 0.2) is 36.4 Å². The minimum absolute atomic E-state index is 0.217. The average Bonchev–Trinajstić information content (AvgIpc) is 2.40. The first-order valence-corrected chi connectivity index (χ1v) is 5.51. The highest BCUT2D eigenvalue weighted by Crippen LogP contribution is 2.25. The summed E-state index contributed by atoms with van der Waals surface area (Å²) < 4.78 is 39.4. The molecule has 0 heterocycles. The van der Waals surface area contributed by atoms with Gasteiger partial charge in [0.1, 0.15) is 0 Å². The molecule has 0 atom stereocenters. The van der Waals surface area contributed by atoms with Crippen molar-refractivity contribution in [1.29, 1.82) is 0 Å². The zero-order valence-electron chi connectivity index (χ0n) is 10.0. The summed E-state index contributed by atoms with van der Waals surface area (Å²) in [6.07, 6.45) is 0. The van der Waals surface area contributed by atoms with E-state index in [1.165, 1.54) is 6.92 Å². The molecule has 1 N–H and O–H groups in total. The maximum atomic E-state index is 13.5. The van der Waals surface area contributed by atoms with Gasteiger partial charge in [-0.2, -0.15) is 0 Å². The number of nitrogens with one attached hydrogen (secondary N) is 1. The van der Waals surface area contributed by atoms with Crippen LogP contribution >= 0.6 is 0 Å². The van der Waals surface area contributed by atoms with Gasteiger partial charge in [-0.05, 0) is 31.2 Å². The lowest BCUT2D eigenvalue weighted by molar-refractivity contribution is 0.101. The zero-order valence-corrected chi connectivity index (χ0v) is 10.0. The largest absolute Gasteiger partial charge is 0.352 e. The molecule has 0 unspecified atom stereocenters. The summed E-state index contributed by atoms with van der Waals surface area (Å²) in [5, 5.41) is 2.59. The fourth-order valence-corrected chi connectivity index (χ4v) is 1.67. The van der Waals surface area contributed by atoms with E-state index < -0.39 is 17.5 Å². The molecule has 0 aromatic heterocycles. The summed E-state index contributed by atoms with van der Waals surface area (Å²) in [5.41, 5.74) is 0.444. The van der Waals surface area contributed by atoms with E-state index in [2.05, 4.69) is 5.32 Å². The second-order valence-electron chi connectivity index (χ2n) is 3.95. The van der Waals surface area contributed by atoms with Crippen molar-refractivity contribution in [3.63, 3.8) is 0 Å². The van der Waals surface area contributed by atoms with Crippen LogP contribution < -0.4 is 5.32 Å². The van der Waals surface area contributed by atoms with Crippen molar-refractivity contribution < 1.29 is 18.0 Å². The fraction of sp³-hybridized carbons (Fsp3) is 0.0714. The van der Waals surface area contributed by atoms with E-state index in [1.54, 1.807) is 24.3 Å². The van der Waals surface area contributed by atoms with E-state index in [0.29, 0.717) is 11.3 Å². The third-order valence-corrected chi connectivity index (χ3v) is 2.61. The van der Waals surface area contributed by atoms with Gasteiger partial charge in [0.15, 0.2) is 23.2 Å².